The summed E-state index contributed by atoms with van der Waals surface area (Å²) in [5.41, 5.74) is 1.87. The minimum Gasteiger partial charge on any atom is -0.292 e. The number of rotatable bonds is 5. The predicted octanol–water partition coefficient (Wildman–Crippen LogP) is 3.86. The number of aryl methyl sites for hydroxylation is 2. The summed E-state index contributed by atoms with van der Waals surface area (Å²) in [7, 11) is 0. The van der Waals surface area contributed by atoms with E-state index in [0.717, 1.165) is 43.1 Å². The van der Waals surface area contributed by atoms with Crippen LogP contribution in [0.4, 0.5) is 0 Å². The normalized spacial score (nSPS) is 23.5. The van der Waals surface area contributed by atoms with E-state index in [-0.39, 0.29) is 5.92 Å². The van der Waals surface area contributed by atoms with E-state index < -0.39 is 0 Å². The highest BCUT2D eigenvalue weighted by Gasteiger charge is 2.28. The lowest BCUT2D eigenvalue weighted by molar-refractivity contribution is 0.0860. The molecule has 0 atom stereocenters. The van der Waals surface area contributed by atoms with Gasteiger partial charge in [-0.25, -0.2) is 0 Å². The maximum Gasteiger partial charge on any atom is 0.183 e. The topological polar surface area (TPSA) is 34.9 Å². The highest BCUT2D eigenvalue weighted by atomic mass is 16.1. The van der Waals surface area contributed by atoms with Crippen molar-refractivity contribution >= 4 is 5.78 Å². The van der Waals surface area contributed by atoms with E-state index in [1.807, 2.05) is 10.7 Å². The molecule has 0 N–H and O–H groups in total. The second kappa shape index (κ2) is 6.36. The fraction of sp³-hybridized carbons (Fsp3) is 0.750. The van der Waals surface area contributed by atoms with Crippen molar-refractivity contribution in [3.05, 3.63) is 17.5 Å². The van der Waals surface area contributed by atoms with Crippen molar-refractivity contribution in [3.8, 4) is 0 Å². The van der Waals surface area contributed by atoms with Gasteiger partial charge in [0.1, 0.15) is 5.69 Å². The Hall–Kier alpha value is -1.12. The molecular formula is C16H26N2O. The van der Waals surface area contributed by atoms with Crippen LogP contribution in [0.5, 0.6) is 0 Å². The molecule has 0 unspecified atom stereocenters. The molecule has 1 aliphatic carbocycles. The van der Waals surface area contributed by atoms with Gasteiger partial charge in [-0.2, -0.15) is 5.10 Å². The van der Waals surface area contributed by atoms with E-state index >= 15 is 0 Å². The maximum atomic E-state index is 12.6. The van der Waals surface area contributed by atoms with Crippen LogP contribution in [0.1, 0.15) is 69.1 Å². The van der Waals surface area contributed by atoms with Gasteiger partial charge >= 0.3 is 0 Å². The maximum absolute atomic E-state index is 12.6. The standard InChI is InChI=1S/C16H26N2O/c1-4-12-7-9-13(10-8-12)16(19)15-11-14(5-2)17-18(15)6-3/h11-13H,4-10H2,1-3H3. The van der Waals surface area contributed by atoms with Crippen molar-refractivity contribution < 1.29 is 4.79 Å². The molecule has 0 spiro atoms. The fourth-order valence-electron chi connectivity index (χ4n) is 3.12. The summed E-state index contributed by atoms with van der Waals surface area (Å²) in [4.78, 5) is 12.6. The zero-order valence-electron chi connectivity index (χ0n) is 12.5. The first-order valence-electron chi connectivity index (χ1n) is 7.80. The van der Waals surface area contributed by atoms with Crippen LogP contribution in [-0.2, 0) is 13.0 Å². The summed E-state index contributed by atoms with van der Waals surface area (Å²) in [6.45, 7) is 7.18. The van der Waals surface area contributed by atoms with Crippen LogP contribution in [0.3, 0.4) is 0 Å². The molecule has 0 radical (unpaired) electrons. The quantitative estimate of drug-likeness (QED) is 0.755. The number of hydrogen-bond acceptors (Lipinski definition) is 2. The molecule has 3 heteroatoms. The first-order valence-corrected chi connectivity index (χ1v) is 7.80. The number of carbonyl (C=O) groups is 1. The third-order valence-corrected chi connectivity index (χ3v) is 4.54. The molecule has 0 saturated heterocycles. The van der Waals surface area contributed by atoms with Gasteiger partial charge in [0.25, 0.3) is 0 Å². The molecule has 0 bridgehead atoms. The molecule has 1 heterocycles. The monoisotopic (exact) mass is 262 g/mol. The minimum atomic E-state index is 0.231. The van der Waals surface area contributed by atoms with E-state index in [4.69, 9.17) is 0 Å². The highest BCUT2D eigenvalue weighted by molar-refractivity contribution is 5.96. The SMILES string of the molecule is CCc1cc(C(=O)C2CCC(CC)CC2)n(CC)n1. The molecule has 0 aliphatic heterocycles. The largest absolute Gasteiger partial charge is 0.292 e. The summed E-state index contributed by atoms with van der Waals surface area (Å²) in [6, 6.07) is 2.00. The summed E-state index contributed by atoms with van der Waals surface area (Å²) >= 11 is 0. The number of nitrogens with zero attached hydrogens (tertiary/aromatic N) is 2. The Labute approximate surface area is 116 Å². The van der Waals surface area contributed by atoms with Gasteiger partial charge in [-0.15, -0.1) is 0 Å². The zero-order chi connectivity index (χ0) is 13.8. The Morgan fingerprint density at radius 3 is 2.47 bits per heavy atom. The van der Waals surface area contributed by atoms with Crippen molar-refractivity contribution in [2.45, 2.75) is 65.8 Å². The lowest BCUT2D eigenvalue weighted by atomic mass is 9.78. The summed E-state index contributed by atoms with van der Waals surface area (Å²) in [5.74, 6) is 1.39. The minimum absolute atomic E-state index is 0.231. The van der Waals surface area contributed by atoms with Gasteiger partial charge in [0.05, 0.1) is 5.69 Å². The van der Waals surface area contributed by atoms with Crippen LogP contribution >= 0.6 is 0 Å². The van der Waals surface area contributed by atoms with E-state index in [9.17, 15) is 4.79 Å². The molecule has 1 fully saturated rings. The lowest BCUT2D eigenvalue weighted by Crippen LogP contribution is -2.24. The summed E-state index contributed by atoms with van der Waals surface area (Å²) in [5, 5.41) is 4.49. The number of carbonyl (C=O) groups excluding carboxylic acids is 1. The molecule has 3 nitrogen and oxygen atoms in total. The Morgan fingerprint density at radius 1 is 1.26 bits per heavy atom. The smallest absolute Gasteiger partial charge is 0.183 e. The Bertz CT molecular complexity index is 428. The molecule has 1 aromatic heterocycles. The average Bonchev–Trinajstić information content (AvgIpc) is 2.90. The van der Waals surface area contributed by atoms with E-state index in [1.54, 1.807) is 0 Å². The van der Waals surface area contributed by atoms with Crippen LogP contribution in [0.25, 0.3) is 0 Å². The van der Waals surface area contributed by atoms with Crippen molar-refractivity contribution in [2.24, 2.45) is 11.8 Å². The molecule has 1 saturated carbocycles. The summed E-state index contributed by atoms with van der Waals surface area (Å²) in [6.07, 6.45) is 6.71. The van der Waals surface area contributed by atoms with Gasteiger partial charge in [-0.05, 0) is 51.0 Å². The number of Topliss-reactive ketones (excluding diaryl/α,β-unsaturated/α-hetero) is 1. The van der Waals surface area contributed by atoms with Gasteiger partial charge in [0.15, 0.2) is 5.78 Å². The Kier molecular flexibility index (Phi) is 4.78. The van der Waals surface area contributed by atoms with E-state index in [1.165, 1.54) is 19.3 Å². The molecule has 0 aromatic carbocycles. The van der Waals surface area contributed by atoms with E-state index in [0.29, 0.717) is 5.78 Å². The Morgan fingerprint density at radius 2 is 1.95 bits per heavy atom. The first kappa shape index (κ1) is 14.3. The third-order valence-electron chi connectivity index (χ3n) is 4.54. The van der Waals surface area contributed by atoms with E-state index in [2.05, 4.69) is 25.9 Å². The zero-order valence-corrected chi connectivity index (χ0v) is 12.5. The number of aromatic nitrogens is 2. The Balaban J connectivity index is 2.09. The second-order valence-electron chi connectivity index (χ2n) is 5.68. The molecule has 106 valence electrons. The summed E-state index contributed by atoms with van der Waals surface area (Å²) < 4.78 is 1.88. The average molecular weight is 262 g/mol. The van der Waals surface area contributed by atoms with Gasteiger partial charge in [0, 0.05) is 12.5 Å². The van der Waals surface area contributed by atoms with Crippen molar-refractivity contribution in [3.63, 3.8) is 0 Å². The first-order chi connectivity index (χ1) is 9.19. The third kappa shape index (κ3) is 3.07. The highest BCUT2D eigenvalue weighted by Crippen LogP contribution is 2.32. The van der Waals surface area contributed by atoms with Crippen LogP contribution in [0, 0.1) is 11.8 Å². The number of ketones is 1. The molecule has 0 amide bonds. The fourth-order valence-corrected chi connectivity index (χ4v) is 3.12. The van der Waals surface area contributed by atoms with Crippen molar-refractivity contribution in [2.75, 3.05) is 0 Å². The predicted molar refractivity (Wildman–Crippen MR) is 77.3 cm³/mol. The molecule has 2 rings (SSSR count). The number of hydrogen-bond donors (Lipinski definition) is 0. The molecule has 19 heavy (non-hydrogen) atoms. The molecular weight excluding hydrogens is 236 g/mol. The lowest BCUT2D eigenvalue weighted by Gasteiger charge is -2.26. The van der Waals surface area contributed by atoms with Gasteiger partial charge < -0.3 is 0 Å². The van der Waals surface area contributed by atoms with Gasteiger partial charge in [0.2, 0.25) is 0 Å². The van der Waals surface area contributed by atoms with Crippen molar-refractivity contribution in [1.82, 2.24) is 9.78 Å². The second-order valence-corrected chi connectivity index (χ2v) is 5.68. The van der Waals surface area contributed by atoms with Gasteiger partial charge in [-0.1, -0.05) is 20.3 Å². The molecule has 1 aromatic rings. The van der Waals surface area contributed by atoms with Crippen LogP contribution in [0.15, 0.2) is 6.07 Å². The van der Waals surface area contributed by atoms with Crippen LogP contribution in [-0.4, -0.2) is 15.6 Å². The molecule has 1 aliphatic rings. The van der Waals surface area contributed by atoms with Crippen LogP contribution in [0.2, 0.25) is 0 Å². The van der Waals surface area contributed by atoms with Crippen LogP contribution < -0.4 is 0 Å². The van der Waals surface area contributed by atoms with Crippen molar-refractivity contribution in [1.29, 1.82) is 0 Å². The van der Waals surface area contributed by atoms with Gasteiger partial charge in [-0.3, -0.25) is 9.48 Å².